The molecule has 0 amide bonds. The third kappa shape index (κ3) is 4.90. The monoisotopic (exact) mass is 405 g/mol. The summed E-state index contributed by atoms with van der Waals surface area (Å²) in [4.78, 5) is 17.3. The molecule has 3 rings (SSSR count). The maximum atomic E-state index is 11.5. The minimum absolute atomic E-state index is 0.0839. The highest BCUT2D eigenvalue weighted by atomic mass is 35.5. The van der Waals surface area contributed by atoms with Gasteiger partial charge in [0.15, 0.2) is 5.82 Å². The Morgan fingerprint density at radius 2 is 1.81 bits per heavy atom. The lowest BCUT2D eigenvalue weighted by molar-refractivity contribution is 0.534. The molecule has 7 nitrogen and oxygen atoms in total. The van der Waals surface area contributed by atoms with E-state index in [9.17, 15) is 8.42 Å². The van der Waals surface area contributed by atoms with E-state index in [0.29, 0.717) is 34.2 Å². The lowest BCUT2D eigenvalue weighted by atomic mass is 10.0. The third-order valence-corrected chi connectivity index (χ3v) is 5.31. The number of halogens is 1. The maximum absolute atomic E-state index is 11.5. The number of pyridine rings is 2. The van der Waals surface area contributed by atoms with Gasteiger partial charge in [0, 0.05) is 41.3 Å². The molecule has 9 heteroatoms. The molecule has 0 aromatic carbocycles. The van der Waals surface area contributed by atoms with Gasteiger partial charge in [0.25, 0.3) is 0 Å². The molecule has 3 heterocycles. The molecular formula is C18H20ClN5O2S. The van der Waals surface area contributed by atoms with Crippen LogP contribution in [0, 0.1) is 0 Å². The Hall–Kier alpha value is -2.32. The molecule has 0 bridgehead atoms. The number of aromatic nitrogens is 4. The molecular weight excluding hydrogens is 386 g/mol. The summed E-state index contributed by atoms with van der Waals surface area (Å²) in [5.74, 6) is 1.13. The summed E-state index contributed by atoms with van der Waals surface area (Å²) in [6, 6.07) is 3.57. The highest BCUT2D eigenvalue weighted by Gasteiger charge is 2.22. The fourth-order valence-corrected chi connectivity index (χ4v) is 3.66. The number of hydrogen-bond acceptors (Lipinski definition) is 7. The van der Waals surface area contributed by atoms with Crippen LogP contribution in [0.15, 0.2) is 36.9 Å². The predicted molar refractivity (Wildman–Crippen MR) is 108 cm³/mol. The average Bonchev–Trinajstić information content (AvgIpc) is 2.60. The summed E-state index contributed by atoms with van der Waals surface area (Å²) >= 11 is 6.25. The lowest BCUT2D eigenvalue weighted by Gasteiger charge is -2.27. The number of anilines is 1. The van der Waals surface area contributed by atoms with Gasteiger partial charge in [-0.25, -0.2) is 18.4 Å². The maximum Gasteiger partial charge on any atom is 0.163 e. The van der Waals surface area contributed by atoms with E-state index in [1.54, 1.807) is 24.7 Å². The SMILES string of the molecule is CC(C)(CCS(C)(=O)=O)Nc1nc(-c2ccncc2Cl)nc2cnccc12. The van der Waals surface area contributed by atoms with Gasteiger partial charge >= 0.3 is 0 Å². The van der Waals surface area contributed by atoms with Gasteiger partial charge in [0.2, 0.25) is 0 Å². The molecule has 0 saturated carbocycles. The summed E-state index contributed by atoms with van der Waals surface area (Å²) in [6.45, 7) is 3.87. The van der Waals surface area contributed by atoms with E-state index < -0.39 is 15.4 Å². The smallest absolute Gasteiger partial charge is 0.163 e. The number of rotatable bonds is 6. The van der Waals surface area contributed by atoms with Crippen LogP contribution in [0.2, 0.25) is 5.02 Å². The normalized spacial score (nSPS) is 12.3. The lowest BCUT2D eigenvalue weighted by Crippen LogP contribution is -2.33. The van der Waals surface area contributed by atoms with E-state index in [0.717, 1.165) is 5.39 Å². The molecule has 27 heavy (non-hydrogen) atoms. The molecule has 0 fully saturated rings. The second-order valence-corrected chi connectivity index (χ2v) is 9.70. The minimum atomic E-state index is -3.06. The molecule has 142 valence electrons. The summed E-state index contributed by atoms with van der Waals surface area (Å²) in [5, 5.41) is 4.61. The van der Waals surface area contributed by atoms with Crippen molar-refractivity contribution in [3.63, 3.8) is 0 Å². The van der Waals surface area contributed by atoms with Crippen molar-refractivity contribution in [2.45, 2.75) is 25.8 Å². The molecule has 3 aromatic heterocycles. The van der Waals surface area contributed by atoms with Crippen molar-refractivity contribution in [2.75, 3.05) is 17.3 Å². The van der Waals surface area contributed by atoms with Crippen molar-refractivity contribution >= 4 is 38.2 Å². The third-order valence-electron chi connectivity index (χ3n) is 4.07. The minimum Gasteiger partial charge on any atom is -0.365 e. The Labute approximate surface area is 163 Å². The van der Waals surface area contributed by atoms with E-state index in [-0.39, 0.29) is 5.75 Å². The Bertz CT molecular complexity index is 1090. The fraction of sp³-hybridized carbons (Fsp3) is 0.333. The molecule has 0 unspecified atom stereocenters. The van der Waals surface area contributed by atoms with Crippen LogP contribution in [0.1, 0.15) is 20.3 Å². The van der Waals surface area contributed by atoms with Gasteiger partial charge in [-0.15, -0.1) is 0 Å². The van der Waals surface area contributed by atoms with Crippen molar-refractivity contribution in [1.82, 2.24) is 19.9 Å². The van der Waals surface area contributed by atoms with E-state index >= 15 is 0 Å². The Kier molecular flexibility index (Phi) is 5.30. The van der Waals surface area contributed by atoms with Crippen LogP contribution in [-0.4, -0.2) is 45.9 Å². The first-order chi connectivity index (χ1) is 12.6. The van der Waals surface area contributed by atoms with Crippen molar-refractivity contribution in [1.29, 1.82) is 0 Å². The number of fused-ring (bicyclic) bond motifs is 1. The van der Waals surface area contributed by atoms with Crippen LogP contribution in [0.5, 0.6) is 0 Å². The van der Waals surface area contributed by atoms with Gasteiger partial charge in [-0.1, -0.05) is 11.6 Å². The van der Waals surface area contributed by atoms with Crippen LogP contribution in [-0.2, 0) is 9.84 Å². The molecule has 3 aromatic rings. The second kappa shape index (κ2) is 7.36. The summed E-state index contributed by atoms with van der Waals surface area (Å²) in [7, 11) is -3.06. The van der Waals surface area contributed by atoms with Crippen LogP contribution in [0.25, 0.3) is 22.3 Å². The Balaban J connectivity index is 2.05. The topological polar surface area (TPSA) is 97.7 Å². The van der Waals surface area contributed by atoms with Crippen molar-refractivity contribution in [3.8, 4) is 11.4 Å². The van der Waals surface area contributed by atoms with E-state index in [1.165, 1.54) is 12.5 Å². The number of nitrogens with one attached hydrogen (secondary N) is 1. The summed E-state index contributed by atoms with van der Waals surface area (Å²) in [6.07, 6.45) is 8.16. The highest BCUT2D eigenvalue weighted by Crippen LogP contribution is 2.30. The van der Waals surface area contributed by atoms with Gasteiger partial charge in [-0.2, -0.15) is 0 Å². The van der Waals surface area contributed by atoms with Crippen LogP contribution >= 0.6 is 11.6 Å². The van der Waals surface area contributed by atoms with E-state index in [4.69, 9.17) is 11.6 Å². The standard InChI is InChI=1S/C18H20ClN5O2S/c1-18(2,6-9-27(3,25)26)24-17-13-5-8-21-11-15(13)22-16(23-17)12-4-7-20-10-14(12)19/h4-5,7-8,10-11H,6,9H2,1-3H3,(H,22,23,24). The first-order valence-corrected chi connectivity index (χ1v) is 10.8. The molecule has 0 radical (unpaired) electrons. The Morgan fingerprint density at radius 1 is 1.11 bits per heavy atom. The zero-order valence-electron chi connectivity index (χ0n) is 15.3. The summed E-state index contributed by atoms with van der Waals surface area (Å²) in [5.41, 5.74) is 0.832. The number of hydrogen-bond donors (Lipinski definition) is 1. The number of nitrogens with zero attached hydrogens (tertiary/aromatic N) is 4. The van der Waals surface area contributed by atoms with Crippen LogP contribution < -0.4 is 5.32 Å². The molecule has 0 saturated heterocycles. The van der Waals surface area contributed by atoms with E-state index in [2.05, 4.69) is 25.3 Å². The molecule has 0 aliphatic carbocycles. The zero-order chi connectivity index (χ0) is 19.7. The van der Waals surface area contributed by atoms with Crippen LogP contribution in [0.3, 0.4) is 0 Å². The highest BCUT2D eigenvalue weighted by molar-refractivity contribution is 7.90. The largest absolute Gasteiger partial charge is 0.365 e. The first-order valence-electron chi connectivity index (χ1n) is 8.32. The van der Waals surface area contributed by atoms with Crippen molar-refractivity contribution in [3.05, 3.63) is 41.9 Å². The zero-order valence-corrected chi connectivity index (χ0v) is 16.8. The predicted octanol–water partition coefficient (Wildman–Crippen LogP) is 3.37. The van der Waals surface area contributed by atoms with Gasteiger partial charge in [-0.05, 0) is 32.4 Å². The molecule has 0 spiro atoms. The fourth-order valence-electron chi connectivity index (χ4n) is 2.58. The second-order valence-electron chi connectivity index (χ2n) is 7.03. The van der Waals surface area contributed by atoms with Gasteiger partial charge in [0.05, 0.1) is 22.5 Å². The molecule has 0 atom stereocenters. The average molecular weight is 406 g/mol. The van der Waals surface area contributed by atoms with Gasteiger partial charge in [-0.3, -0.25) is 9.97 Å². The van der Waals surface area contributed by atoms with Crippen LogP contribution in [0.4, 0.5) is 5.82 Å². The van der Waals surface area contributed by atoms with Crippen molar-refractivity contribution < 1.29 is 8.42 Å². The quantitative estimate of drug-likeness (QED) is 0.671. The Morgan fingerprint density at radius 3 is 2.52 bits per heavy atom. The first kappa shape index (κ1) is 19.4. The summed E-state index contributed by atoms with van der Waals surface area (Å²) < 4.78 is 23.1. The molecule has 0 aliphatic heterocycles. The van der Waals surface area contributed by atoms with Crippen molar-refractivity contribution in [2.24, 2.45) is 0 Å². The molecule has 0 aliphatic rings. The van der Waals surface area contributed by atoms with Gasteiger partial charge in [0.1, 0.15) is 15.7 Å². The van der Waals surface area contributed by atoms with Gasteiger partial charge < -0.3 is 5.32 Å². The van der Waals surface area contributed by atoms with E-state index in [1.807, 2.05) is 19.9 Å². The number of sulfone groups is 1. The molecule has 1 N–H and O–H groups in total.